The molecule has 0 atom stereocenters. The van der Waals surface area contributed by atoms with Gasteiger partial charge in [0.15, 0.2) is 0 Å². The maximum atomic E-state index is 6.06. The number of halogens is 2. The van der Waals surface area contributed by atoms with Crippen molar-refractivity contribution < 1.29 is 4.74 Å². The molecule has 0 aliphatic carbocycles. The van der Waals surface area contributed by atoms with Crippen molar-refractivity contribution in [2.24, 2.45) is 0 Å². The van der Waals surface area contributed by atoms with E-state index in [-0.39, 0.29) is 6.10 Å². The van der Waals surface area contributed by atoms with E-state index < -0.39 is 0 Å². The van der Waals surface area contributed by atoms with E-state index in [1.54, 1.807) is 23.9 Å². The standard InChI is InChI=1S/C20H26Cl2N4OS/c1-28-14-20-24-9-5-19(25-20)23-8-2-10-26-11-6-15(7-12-26)27-16-3-4-17(21)18(22)13-16/h3-5,9,13,15H,2,6-8,10-12,14H2,1H3,(H,23,24,25). The first-order valence-electron chi connectivity index (χ1n) is 9.53. The lowest BCUT2D eigenvalue weighted by Gasteiger charge is -2.32. The van der Waals surface area contributed by atoms with E-state index in [9.17, 15) is 0 Å². The van der Waals surface area contributed by atoms with Crippen molar-refractivity contribution >= 4 is 40.8 Å². The second-order valence-corrected chi connectivity index (χ2v) is 8.49. The average Bonchev–Trinajstić information content (AvgIpc) is 2.70. The average molecular weight is 441 g/mol. The number of rotatable bonds is 9. The molecule has 0 saturated carbocycles. The van der Waals surface area contributed by atoms with Gasteiger partial charge in [-0.25, -0.2) is 9.97 Å². The summed E-state index contributed by atoms with van der Waals surface area (Å²) in [5.74, 6) is 3.42. The molecule has 0 unspecified atom stereocenters. The van der Waals surface area contributed by atoms with Crippen LogP contribution in [0, 0.1) is 0 Å². The first-order chi connectivity index (χ1) is 13.6. The van der Waals surface area contributed by atoms with E-state index in [2.05, 4.69) is 26.4 Å². The summed E-state index contributed by atoms with van der Waals surface area (Å²) in [6.07, 6.45) is 7.25. The highest BCUT2D eigenvalue weighted by molar-refractivity contribution is 7.97. The Morgan fingerprint density at radius 1 is 1.21 bits per heavy atom. The van der Waals surface area contributed by atoms with E-state index in [1.807, 2.05) is 18.3 Å². The molecule has 1 aliphatic heterocycles. The van der Waals surface area contributed by atoms with Gasteiger partial charge in [0.2, 0.25) is 0 Å². The molecule has 152 valence electrons. The summed E-state index contributed by atoms with van der Waals surface area (Å²) >= 11 is 13.7. The largest absolute Gasteiger partial charge is 0.490 e. The Labute approximate surface area is 181 Å². The maximum absolute atomic E-state index is 6.06. The Bertz CT molecular complexity index is 757. The first kappa shape index (κ1) is 21.5. The molecule has 2 heterocycles. The van der Waals surface area contributed by atoms with Gasteiger partial charge in [0.05, 0.1) is 15.8 Å². The Morgan fingerprint density at radius 2 is 2.04 bits per heavy atom. The van der Waals surface area contributed by atoms with E-state index in [1.165, 1.54) is 0 Å². The van der Waals surface area contributed by atoms with Gasteiger partial charge in [-0.05, 0) is 50.3 Å². The van der Waals surface area contributed by atoms with Crippen molar-refractivity contribution in [3.8, 4) is 5.75 Å². The Kier molecular flexibility index (Phi) is 8.52. The summed E-state index contributed by atoms with van der Waals surface area (Å²) in [7, 11) is 0. The van der Waals surface area contributed by atoms with E-state index in [4.69, 9.17) is 27.9 Å². The minimum Gasteiger partial charge on any atom is -0.490 e. The number of hydrogen-bond acceptors (Lipinski definition) is 6. The summed E-state index contributed by atoms with van der Waals surface area (Å²) in [6, 6.07) is 7.38. The van der Waals surface area contributed by atoms with Crippen molar-refractivity contribution in [2.45, 2.75) is 31.1 Å². The number of likely N-dealkylation sites (tertiary alicyclic amines) is 1. The predicted octanol–water partition coefficient (Wildman–Crippen LogP) is 4.99. The second-order valence-electron chi connectivity index (χ2n) is 6.81. The van der Waals surface area contributed by atoms with Crippen LogP contribution in [0.1, 0.15) is 25.1 Å². The lowest BCUT2D eigenvalue weighted by molar-refractivity contribution is 0.100. The van der Waals surface area contributed by atoms with Crippen molar-refractivity contribution in [1.29, 1.82) is 0 Å². The fraction of sp³-hybridized carbons (Fsp3) is 0.500. The fourth-order valence-corrected chi connectivity index (χ4v) is 3.89. The second kappa shape index (κ2) is 11.1. The highest BCUT2D eigenvalue weighted by Gasteiger charge is 2.20. The minimum atomic E-state index is 0.238. The van der Waals surface area contributed by atoms with Gasteiger partial charge in [-0.2, -0.15) is 11.8 Å². The third kappa shape index (κ3) is 6.69. The van der Waals surface area contributed by atoms with Gasteiger partial charge in [0.1, 0.15) is 23.5 Å². The lowest BCUT2D eigenvalue weighted by atomic mass is 10.1. The number of hydrogen-bond donors (Lipinski definition) is 1. The third-order valence-corrected chi connectivity index (χ3v) is 5.95. The SMILES string of the molecule is CSCc1nccc(NCCCN2CCC(Oc3ccc(Cl)c(Cl)c3)CC2)n1. The molecule has 1 aromatic carbocycles. The molecule has 2 aromatic rings. The predicted molar refractivity (Wildman–Crippen MR) is 119 cm³/mol. The van der Waals surface area contributed by atoms with Crippen LogP contribution in [0.25, 0.3) is 0 Å². The maximum Gasteiger partial charge on any atom is 0.140 e. The zero-order valence-corrected chi connectivity index (χ0v) is 18.4. The molecule has 1 fully saturated rings. The molecule has 0 spiro atoms. The quantitative estimate of drug-likeness (QED) is 0.554. The minimum absolute atomic E-state index is 0.238. The monoisotopic (exact) mass is 440 g/mol. The normalized spacial score (nSPS) is 15.5. The van der Waals surface area contributed by atoms with Crippen LogP contribution in [0.2, 0.25) is 10.0 Å². The van der Waals surface area contributed by atoms with Crippen LogP contribution >= 0.6 is 35.0 Å². The number of nitrogens with zero attached hydrogens (tertiary/aromatic N) is 3. The molecule has 1 aliphatic rings. The zero-order chi connectivity index (χ0) is 19.8. The Balaban J connectivity index is 1.33. The molecule has 1 aromatic heterocycles. The number of benzene rings is 1. The first-order valence-corrected chi connectivity index (χ1v) is 11.7. The molecule has 0 bridgehead atoms. The molecule has 8 heteroatoms. The Hall–Kier alpha value is -1.21. The van der Waals surface area contributed by atoms with Gasteiger partial charge in [-0.15, -0.1) is 0 Å². The van der Waals surface area contributed by atoms with Crippen LogP contribution in [0.15, 0.2) is 30.5 Å². The zero-order valence-electron chi connectivity index (χ0n) is 16.0. The van der Waals surface area contributed by atoms with Crippen molar-refractivity contribution in [3.63, 3.8) is 0 Å². The highest BCUT2D eigenvalue weighted by atomic mass is 35.5. The number of anilines is 1. The van der Waals surface area contributed by atoms with Crippen molar-refractivity contribution in [2.75, 3.05) is 37.8 Å². The van der Waals surface area contributed by atoms with E-state index in [0.29, 0.717) is 10.0 Å². The fourth-order valence-electron chi connectivity index (χ4n) is 3.21. The van der Waals surface area contributed by atoms with Crippen molar-refractivity contribution in [1.82, 2.24) is 14.9 Å². The summed E-state index contributed by atoms with van der Waals surface area (Å²) in [5, 5.41) is 4.49. The van der Waals surface area contributed by atoms with Crippen LogP contribution < -0.4 is 10.1 Å². The molecule has 0 amide bonds. The van der Waals surface area contributed by atoms with E-state index in [0.717, 1.165) is 68.6 Å². The van der Waals surface area contributed by atoms with Gasteiger partial charge in [-0.3, -0.25) is 0 Å². The molecular weight excluding hydrogens is 415 g/mol. The van der Waals surface area contributed by atoms with Gasteiger partial charge < -0.3 is 15.0 Å². The van der Waals surface area contributed by atoms with E-state index >= 15 is 0 Å². The van der Waals surface area contributed by atoms with Crippen molar-refractivity contribution in [3.05, 3.63) is 46.3 Å². The molecule has 28 heavy (non-hydrogen) atoms. The highest BCUT2D eigenvalue weighted by Crippen LogP contribution is 2.28. The smallest absolute Gasteiger partial charge is 0.140 e. The number of piperidine rings is 1. The van der Waals surface area contributed by atoms with Gasteiger partial charge in [0, 0.05) is 31.9 Å². The topological polar surface area (TPSA) is 50.3 Å². The number of nitrogens with one attached hydrogen (secondary N) is 1. The number of aromatic nitrogens is 2. The molecule has 1 N–H and O–H groups in total. The summed E-state index contributed by atoms with van der Waals surface area (Å²) in [4.78, 5) is 11.3. The van der Waals surface area contributed by atoms with Crippen LogP contribution in [0.4, 0.5) is 5.82 Å². The van der Waals surface area contributed by atoms with Gasteiger partial charge in [0.25, 0.3) is 0 Å². The van der Waals surface area contributed by atoms with Crippen LogP contribution in [-0.2, 0) is 5.75 Å². The molecule has 1 saturated heterocycles. The van der Waals surface area contributed by atoms with Crippen LogP contribution in [-0.4, -0.2) is 53.4 Å². The van der Waals surface area contributed by atoms with Gasteiger partial charge >= 0.3 is 0 Å². The molecule has 0 radical (unpaired) electrons. The lowest BCUT2D eigenvalue weighted by Crippen LogP contribution is -2.39. The molecular formula is C20H26Cl2N4OS. The van der Waals surface area contributed by atoms with Crippen LogP contribution in [0.5, 0.6) is 5.75 Å². The summed E-state index contributed by atoms with van der Waals surface area (Å²) in [6.45, 7) is 4.10. The summed E-state index contributed by atoms with van der Waals surface area (Å²) in [5.41, 5.74) is 0. The molecule has 5 nitrogen and oxygen atoms in total. The van der Waals surface area contributed by atoms with Gasteiger partial charge in [-0.1, -0.05) is 23.2 Å². The number of ether oxygens (including phenoxy) is 1. The third-order valence-electron chi connectivity index (χ3n) is 4.66. The summed E-state index contributed by atoms with van der Waals surface area (Å²) < 4.78 is 6.06. The number of thioether (sulfide) groups is 1. The van der Waals surface area contributed by atoms with Crippen LogP contribution in [0.3, 0.4) is 0 Å². The Morgan fingerprint density at radius 3 is 2.79 bits per heavy atom. The molecule has 3 rings (SSSR count).